The molecule has 1 aromatic heterocycles. The maximum atomic E-state index is 13.4. The van der Waals surface area contributed by atoms with E-state index in [2.05, 4.69) is 25.7 Å². The number of urea groups is 1. The van der Waals surface area contributed by atoms with Crippen molar-refractivity contribution in [2.45, 2.75) is 33.1 Å². The van der Waals surface area contributed by atoms with Gasteiger partial charge in [0.25, 0.3) is 0 Å². The normalized spacial score (nSPS) is 12.8. The number of pyridine rings is 1. The molecule has 12 nitrogen and oxygen atoms in total. The summed E-state index contributed by atoms with van der Waals surface area (Å²) >= 11 is 6.46. The Balaban J connectivity index is 1.37. The number of halogens is 1. The lowest BCUT2D eigenvalue weighted by Gasteiger charge is -2.24. The second kappa shape index (κ2) is 15.4. The van der Waals surface area contributed by atoms with E-state index in [0.717, 1.165) is 17.2 Å². The molecular weight excluding hydrogens is 725 g/mol. The zero-order valence-corrected chi connectivity index (χ0v) is 32.3. The van der Waals surface area contributed by atoms with Gasteiger partial charge in [-0.25, -0.2) is 18.2 Å². The first-order valence-electron chi connectivity index (χ1n) is 16.2. The van der Waals surface area contributed by atoms with E-state index in [1.807, 2.05) is 45.0 Å². The molecule has 4 N–H and O–H groups in total. The number of hydrogen-bond donors (Lipinski definition) is 4. The topological polar surface area (TPSA) is 157 Å². The fourth-order valence-corrected chi connectivity index (χ4v) is 8.07. The van der Waals surface area contributed by atoms with Crippen molar-refractivity contribution in [1.82, 2.24) is 4.98 Å². The third-order valence-corrected chi connectivity index (χ3v) is 10.9. The number of carbonyl (C=O) groups excluding carboxylic acids is 1. The highest BCUT2D eigenvalue weighted by Crippen LogP contribution is 2.44. The molecule has 52 heavy (non-hydrogen) atoms. The van der Waals surface area contributed by atoms with Gasteiger partial charge >= 0.3 is 6.03 Å². The predicted octanol–water partition coefficient (Wildman–Crippen LogP) is 9.32. The Kier molecular flexibility index (Phi) is 11.4. The van der Waals surface area contributed by atoms with Gasteiger partial charge in [0.15, 0.2) is 5.75 Å². The van der Waals surface area contributed by atoms with Crippen molar-refractivity contribution in [3.8, 4) is 17.2 Å². The molecule has 1 atom stereocenters. The van der Waals surface area contributed by atoms with E-state index in [4.69, 9.17) is 25.6 Å². The minimum atomic E-state index is -3.64. The third kappa shape index (κ3) is 9.34. The average Bonchev–Trinajstić information content (AvgIpc) is 3.05. The monoisotopic (exact) mass is 765 g/mol. The summed E-state index contributed by atoms with van der Waals surface area (Å²) in [5.41, 5.74) is 2.07. The quantitative estimate of drug-likeness (QED) is 0.0909. The summed E-state index contributed by atoms with van der Waals surface area (Å²) in [5, 5.41) is 11.1. The van der Waals surface area contributed by atoms with Crippen LogP contribution in [0.5, 0.6) is 17.2 Å². The molecule has 0 aliphatic carbocycles. The van der Waals surface area contributed by atoms with E-state index in [0.29, 0.717) is 56.7 Å². The SMILES string of the molecule is CCOP(C)(=O)c1ccc(Nc2cc(Oc3ccc(NC(=O)Nc4cc(C(C)(C)C)cc(NS(C)(=O)=O)c4OC)c4ccccc34)ccn2)cc1Cl. The molecule has 0 aliphatic heterocycles. The van der Waals surface area contributed by atoms with Gasteiger partial charge in [0.05, 0.1) is 47.4 Å². The van der Waals surface area contributed by atoms with Crippen molar-refractivity contribution in [3.05, 3.63) is 95.6 Å². The number of amides is 2. The summed E-state index contributed by atoms with van der Waals surface area (Å²) in [6, 6.07) is 22.4. The number of hydrogen-bond acceptors (Lipinski definition) is 9. The van der Waals surface area contributed by atoms with Gasteiger partial charge in [0.2, 0.25) is 17.4 Å². The molecule has 274 valence electrons. The summed E-state index contributed by atoms with van der Waals surface area (Å²) in [5.74, 6) is 1.70. The van der Waals surface area contributed by atoms with Crippen molar-refractivity contribution in [1.29, 1.82) is 0 Å². The largest absolute Gasteiger partial charge is 0.492 e. The molecule has 0 aliphatic rings. The number of benzene rings is 4. The number of nitrogens with zero attached hydrogens (tertiary/aromatic N) is 1. The number of rotatable bonds is 12. The zero-order chi connectivity index (χ0) is 37.8. The molecule has 0 saturated heterocycles. The highest BCUT2D eigenvalue weighted by atomic mass is 35.5. The average molecular weight is 766 g/mol. The lowest BCUT2D eigenvalue weighted by molar-refractivity contribution is 0.262. The lowest BCUT2D eigenvalue weighted by Crippen LogP contribution is -2.22. The van der Waals surface area contributed by atoms with E-state index in [1.54, 1.807) is 67.7 Å². The Hall–Kier alpha value is -4.81. The number of anilines is 5. The van der Waals surface area contributed by atoms with Crippen LogP contribution in [0.4, 0.5) is 33.4 Å². The molecule has 4 aromatic carbocycles. The number of aromatic nitrogens is 1. The molecule has 0 bridgehead atoms. The smallest absolute Gasteiger partial charge is 0.323 e. The third-order valence-electron chi connectivity index (χ3n) is 7.83. The summed E-state index contributed by atoms with van der Waals surface area (Å²) in [7, 11) is -5.28. The number of carbonyl (C=O) groups is 1. The van der Waals surface area contributed by atoms with Crippen molar-refractivity contribution < 1.29 is 31.8 Å². The molecule has 2 amide bonds. The summed E-state index contributed by atoms with van der Waals surface area (Å²) in [4.78, 5) is 17.8. The Morgan fingerprint density at radius 2 is 1.62 bits per heavy atom. The number of fused-ring (bicyclic) bond motifs is 1. The summed E-state index contributed by atoms with van der Waals surface area (Å²) in [6.07, 6.45) is 2.65. The number of ether oxygens (including phenoxy) is 2. The van der Waals surface area contributed by atoms with Crippen LogP contribution < -0.4 is 35.5 Å². The maximum Gasteiger partial charge on any atom is 0.323 e. The summed E-state index contributed by atoms with van der Waals surface area (Å²) < 4.78 is 56.9. The van der Waals surface area contributed by atoms with Gasteiger partial charge in [-0.3, -0.25) is 9.29 Å². The summed E-state index contributed by atoms with van der Waals surface area (Å²) in [6.45, 7) is 9.56. The van der Waals surface area contributed by atoms with Crippen molar-refractivity contribution in [2.75, 3.05) is 47.3 Å². The Morgan fingerprint density at radius 3 is 2.27 bits per heavy atom. The van der Waals surface area contributed by atoms with Gasteiger partial charge in [-0.1, -0.05) is 56.6 Å². The molecular formula is C37H41ClN5O7PS. The van der Waals surface area contributed by atoms with Crippen LogP contribution in [-0.2, 0) is 24.5 Å². The van der Waals surface area contributed by atoms with Gasteiger partial charge < -0.3 is 29.9 Å². The molecule has 15 heteroatoms. The molecule has 5 aromatic rings. The fraction of sp³-hybridized carbons (Fsp3) is 0.243. The number of methoxy groups -OCH3 is 1. The van der Waals surface area contributed by atoms with Crippen LogP contribution in [0.15, 0.2) is 85.1 Å². The van der Waals surface area contributed by atoms with Crippen LogP contribution in [0, 0.1) is 0 Å². The van der Waals surface area contributed by atoms with Crippen LogP contribution in [0.2, 0.25) is 5.02 Å². The predicted molar refractivity (Wildman–Crippen MR) is 211 cm³/mol. The number of nitrogens with one attached hydrogen (secondary N) is 4. The maximum absolute atomic E-state index is 13.4. The van der Waals surface area contributed by atoms with E-state index >= 15 is 0 Å². The van der Waals surface area contributed by atoms with Gasteiger partial charge in [-0.05, 0) is 66.4 Å². The van der Waals surface area contributed by atoms with E-state index < -0.39 is 23.4 Å². The van der Waals surface area contributed by atoms with Crippen molar-refractivity contribution >= 4 is 79.7 Å². The van der Waals surface area contributed by atoms with Crippen LogP contribution in [0.25, 0.3) is 10.8 Å². The highest BCUT2D eigenvalue weighted by Gasteiger charge is 2.24. The first-order chi connectivity index (χ1) is 24.5. The number of sulfonamides is 1. The molecule has 0 saturated carbocycles. The molecule has 0 radical (unpaired) electrons. The van der Waals surface area contributed by atoms with E-state index in [1.165, 1.54) is 13.8 Å². The zero-order valence-electron chi connectivity index (χ0n) is 29.8. The van der Waals surface area contributed by atoms with E-state index in [9.17, 15) is 17.8 Å². The molecule has 0 fully saturated rings. The fourth-order valence-electron chi connectivity index (χ4n) is 5.44. The second-order valence-electron chi connectivity index (χ2n) is 13.0. The van der Waals surface area contributed by atoms with Crippen LogP contribution in [0.1, 0.15) is 33.3 Å². The Labute approximate surface area is 308 Å². The van der Waals surface area contributed by atoms with Crippen molar-refractivity contribution in [3.63, 3.8) is 0 Å². The molecule has 1 heterocycles. The first kappa shape index (κ1) is 38.4. The van der Waals surface area contributed by atoms with Gasteiger partial charge in [-0.15, -0.1) is 0 Å². The lowest BCUT2D eigenvalue weighted by atomic mass is 9.86. The first-order valence-corrected chi connectivity index (χ1v) is 20.5. The van der Waals surface area contributed by atoms with Gasteiger partial charge in [0, 0.05) is 35.4 Å². The van der Waals surface area contributed by atoms with Crippen molar-refractivity contribution in [2.24, 2.45) is 0 Å². The molecule has 1 unspecified atom stereocenters. The van der Waals surface area contributed by atoms with Crippen LogP contribution in [0.3, 0.4) is 0 Å². The highest BCUT2D eigenvalue weighted by molar-refractivity contribution is 7.92. The standard InChI is InChI=1S/C37H41ClN5O7PS/c1-8-49-51(6,45)33-16-13-24(21-28(33)38)40-34-22-25(17-18-39-34)50-32-15-14-29(26-11-9-10-12-27(26)32)41-36(44)42-30-19-23(37(2,3)4)20-31(35(30)48-5)43-52(7,46)47/h9-22,43H,8H2,1-7H3,(H,39,40)(H2,41,42,44). The van der Waals surface area contributed by atoms with Gasteiger partial charge in [0.1, 0.15) is 17.3 Å². The minimum Gasteiger partial charge on any atom is -0.492 e. The second-order valence-corrected chi connectivity index (χ2v) is 17.6. The van der Waals surface area contributed by atoms with Crippen LogP contribution in [-0.4, -0.2) is 46.1 Å². The Morgan fingerprint density at radius 1 is 0.923 bits per heavy atom. The van der Waals surface area contributed by atoms with E-state index in [-0.39, 0.29) is 16.9 Å². The molecule has 0 spiro atoms. The minimum absolute atomic E-state index is 0.168. The molecule has 5 rings (SSSR count). The van der Waals surface area contributed by atoms with Gasteiger partial charge in [-0.2, -0.15) is 0 Å². The van der Waals surface area contributed by atoms with Crippen LogP contribution >= 0.6 is 19.0 Å². The Bertz CT molecular complexity index is 2300.